The lowest BCUT2D eigenvalue weighted by atomic mass is 10.1. The molecule has 0 atom stereocenters. The number of hydrogen-bond acceptors (Lipinski definition) is 3. The molecule has 0 fully saturated rings. The van der Waals surface area contributed by atoms with E-state index in [0.29, 0.717) is 17.0 Å². The van der Waals surface area contributed by atoms with Crippen LogP contribution in [0.25, 0.3) is 0 Å². The molecule has 0 radical (unpaired) electrons. The average Bonchev–Trinajstić information content (AvgIpc) is 2.54. The molecule has 0 spiro atoms. The largest absolute Gasteiger partial charge is 0.495 e. The molecular formula is C17H17NO3. The molecule has 0 unspecified atom stereocenters. The molecule has 0 aromatic heterocycles. The van der Waals surface area contributed by atoms with Gasteiger partial charge in [0.15, 0.2) is 5.78 Å². The molecule has 0 saturated heterocycles. The van der Waals surface area contributed by atoms with Crippen LogP contribution in [0.5, 0.6) is 5.75 Å². The van der Waals surface area contributed by atoms with Crippen molar-refractivity contribution in [3.63, 3.8) is 0 Å². The smallest absolute Gasteiger partial charge is 0.224 e. The van der Waals surface area contributed by atoms with Gasteiger partial charge >= 0.3 is 0 Å². The average molecular weight is 283 g/mol. The first-order valence-corrected chi connectivity index (χ1v) is 6.72. The van der Waals surface area contributed by atoms with Crippen LogP contribution in [0.4, 0.5) is 5.69 Å². The number of carbonyl (C=O) groups is 2. The first kappa shape index (κ1) is 14.8. The van der Waals surface area contributed by atoms with E-state index in [0.717, 1.165) is 0 Å². The maximum absolute atomic E-state index is 11.9. The van der Waals surface area contributed by atoms with Gasteiger partial charge in [0.2, 0.25) is 5.91 Å². The van der Waals surface area contributed by atoms with E-state index < -0.39 is 0 Å². The molecule has 0 heterocycles. The van der Waals surface area contributed by atoms with Crippen molar-refractivity contribution in [1.29, 1.82) is 0 Å². The summed E-state index contributed by atoms with van der Waals surface area (Å²) in [5.41, 5.74) is 1.24. The lowest BCUT2D eigenvalue weighted by Crippen LogP contribution is -2.14. The van der Waals surface area contributed by atoms with Gasteiger partial charge in [-0.2, -0.15) is 0 Å². The van der Waals surface area contributed by atoms with E-state index in [2.05, 4.69) is 5.32 Å². The zero-order chi connectivity index (χ0) is 15.1. The Morgan fingerprint density at radius 1 is 0.952 bits per heavy atom. The van der Waals surface area contributed by atoms with Crippen molar-refractivity contribution in [2.75, 3.05) is 12.4 Å². The molecule has 1 amide bonds. The van der Waals surface area contributed by atoms with E-state index >= 15 is 0 Å². The normalized spacial score (nSPS) is 9.95. The van der Waals surface area contributed by atoms with Crippen molar-refractivity contribution in [1.82, 2.24) is 0 Å². The van der Waals surface area contributed by atoms with Gasteiger partial charge in [-0.3, -0.25) is 9.59 Å². The van der Waals surface area contributed by atoms with Gasteiger partial charge in [-0.05, 0) is 12.1 Å². The summed E-state index contributed by atoms with van der Waals surface area (Å²) in [5.74, 6) is 0.356. The molecule has 2 aromatic rings. The van der Waals surface area contributed by atoms with Crippen molar-refractivity contribution >= 4 is 17.4 Å². The summed E-state index contributed by atoms with van der Waals surface area (Å²) in [6.45, 7) is 0. The molecule has 0 aliphatic carbocycles. The third-order valence-electron chi connectivity index (χ3n) is 3.06. The highest BCUT2D eigenvalue weighted by molar-refractivity contribution is 6.00. The van der Waals surface area contributed by atoms with Gasteiger partial charge in [-0.1, -0.05) is 42.5 Å². The standard InChI is InChI=1S/C17H17NO3/c1-21-16-10-6-5-9-14(16)18-17(20)12-11-15(19)13-7-3-2-4-8-13/h2-10H,11-12H2,1H3,(H,18,20). The monoisotopic (exact) mass is 283 g/mol. The minimum atomic E-state index is -0.205. The predicted octanol–water partition coefficient (Wildman–Crippen LogP) is 3.30. The molecule has 0 aliphatic rings. The van der Waals surface area contributed by atoms with Crippen LogP contribution >= 0.6 is 0 Å². The van der Waals surface area contributed by atoms with Gasteiger partial charge in [-0.15, -0.1) is 0 Å². The van der Waals surface area contributed by atoms with Gasteiger partial charge in [0.25, 0.3) is 0 Å². The number of para-hydroxylation sites is 2. The maximum atomic E-state index is 11.9. The Hall–Kier alpha value is -2.62. The van der Waals surface area contributed by atoms with Gasteiger partial charge in [0.05, 0.1) is 12.8 Å². The Labute approximate surface area is 123 Å². The SMILES string of the molecule is COc1ccccc1NC(=O)CCC(=O)c1ccccc1. The first-order chi connectivity index (χ1) is 10.2. The highest BCUT2D eigenvalue weighted by atomic mass is 16.5. The van der Waals surface area contributed by atoms with Crippen LogP contribution in [0.15, 0.2) is 54.6 Å². The quantitative estimate of drug-likeness (QED) is 0.828. The van der Waals surface area contributed by atoms with Gasteiger partial charge in [0.1, 0.15) is 5.75 Å². The van der Waals surface area contributed by atoms with Crippen LogP contribution in [0, 0.1) is 0 Å². The Bertz CT molecular complexity index is 623. The van der Waals surface area contributed by atoms with Gasteiger partial charge in [0, 0.05) is 18.4 Å². The van der Waals surface area contributed by atoms with Crippen molar-refractivity contribution < 1.29 is 14.3 Å². The number of carbonyl (C=O) groups excluding carboxylic acids is 2. The van der Waals surface area contributed by atoms with Crippen molar-refractivity contribution in [3.8, 4) is 5.75 Å². The molecule has 2 rings (SSSR count). The molecule has 4 nitrogen and oxygen atoms in total. The van der Waals surface area contributed by atoms with E-state index in [1.54, 1.807) is 31.4 Å². The van der Waals surface area contributed by atoms with Crippen LogP contribution in [0.2, 0.25) is 0 Å². The van der Waals surface area contributed by atoms with E-state index in [1.165, 1.54) is 0 Å². The molecule has 0 aliphatic heterocycles. The third kappa shape index (κ3) is 4.18. The molecule has 1 N–H and O–H groups in total. The summed E-state index contributed by atoms with van der Waals surface area (Å²) in [6.07, 6.45) is 0.330. The number of methoxy groups -OCH3 is 1. The van der Waals surface area contributed by atoms with E-state index in [9.17, 15) is 9.59 Å². The lowest BCUT2D eigenvalue weighted by Gasteiger charge is -2.09. The fourth-order valence-electron chi connectivity index (χ4n) is 1.96. The summed E-state index contributed by atoms with van der Waals surface area (Å²) in [5, 5.41) is 2.75. The summed E-state index contributed by atoms with van der Waals surface area (Å²) in [7, 11) is 1.55. The number of Topliss-reactive ketones (excluding diaryl/α,β-unsaturated/α-hetero) is 1. The van der Waals surface area contributed by atoms with Crippen LogP contribution in [-0.2, 0) is 4.79 Å². The summed E-state index contributed by atoms with van der Waals surface area (Å²) in [4.78, 5) is 23.8. The molecule has 0 saturated carbocycles. The molecule has 21 heavy (non-hydrogen) atoms. The molecular weight excluding hydrogens is 266 g/mol. The van der Waals surface area contributed by atoms with E-state index in [-0.39, 0.29) is 24.5 Å². The fraction of sp³-hybridized carbons (Fsp3) is 0.176. The van der Waals surface area contributed by atoms with Gasteiger partial charge < -0.3 is 10.1 Å². The predicted molar refractivity (Wildman–Crippen MR) is 81.6 cm³/mol. The Balaban J connectivity index is 1.89. The van der Waals surface area contributed by atoms with Crippen LogP contribution in [-0.4, -0.2) is 18.8 Å². The Morgan fingerprint density at radius 2 is 1.62 bits per heavy atom. The minimum Gasteiger partial charge on any atom is -0.495 e. The summed E-state index contributed by atoms with van der Waals surface area (Å²) in [6, 6.07) is 16.1. The highest BCUT2D eigenvalue weighted by Gasteiger charge is 2.10. The fourth-order valence-corrected chi connectivity index (χ4v) is 1.96. The molecule has 0 bridgehead atoms. The van der Waals surface area contributed by atoms with Crippen molar-refractivity contribution in [2.24, 2.45) is 0 Å². The minimum absolute atomic E-state index is 0.0363. The number of amides is 1. The number of anilines is 1. The molecule has 2 aromatic carbocycles. The maximum Gasteiger partial charge on any atom is 0.224 e. The number of nitrogens with one attached hydrogen (secondary N) is 1. The van der Waals surface area contributed by atoms with Crippen LogP contribution in [0.3, 0.4) is 0 Å². The zero-order valence-electron chi connectivity index (χ0n) is 11.8. The number of ether oxygens (including phenoxy) is 1. The zero-order valence-corrected chi connectivity index (χ0v) is 11.8. The second-order valence-electron chi connectivity index (χ2n) is 4.54. The number of hydrogen-bond donors (Lipinski definition) is 1. The van der Waals surface area contributed by atoms with Gasteiger partial charge in [-0.25, -0.2) is 0 Å². The van der Waals surface area contributed by atoms with E-state index in [1.807, 2.05) is 30.3 Å². The first-order valence-electron chi connectivity index (χ1n) is 6.72. The highest BCUT2D eigenvalue weighted by Crippen LogP contribution is 2.23. The lowest BCUT2D eigenvalue weighted by molar-refractivity contribution is -0.116. The Kier molecular flexibility index (Phi) is 5.10. The number of ketones is 1. The third-order valence-corrected chi connectivity index (χ3v) is 3.06. The second kappa shape index (κ2) is 7.24. The summed E-state index contributed by atoms with van der Waals surface area (Å²) < 4.78 is 5.16. The van der Waals surface area contributed by atoms with Crippen LogP contribution < -0.4 is 10.1 Å². The number of benzene rings is 2. The number of rotatable bonds is 6. The van der Waals surface area contributed by atoms with E-state index in [4.69, 9.17) is 4.74 Å². The topological polar surface area (TPSA) is 55.4 Å². The Morgan fingerprint density at radius 3 is 2.33 bits per heavy atom. The van der Waals surface area contributed by atoms with Crippen molar-refractivity contribution in [2.45, 2.75) is 12.8 Å². The molecule has 4 heteroatoms. The molecule has 108 valence electrons. The van der Waals surface area contributed by atoms with Crippen molar-refractivity contribution in [3.05, 3.63) is 60.2 Å². The summed E-state index contributed by atoms with van der Waals surface area (Å²) >= 11 is 0. The van der Waals surface area contributed by atoms with Crippen LogP contribution in [0.1, 0.15) is 23.2 Å². The second-order valence-corrected chi connectivity index (χ2v) is 4.54.